The van der Waals surface area contributed by atoms with E-state index in [0.29, 0.717) is 30.6 Å². The number of hydrogen-bond donors (Lipinski definition) is 1. The zero-order chi connectivity index (χ0) is 15.6. The van der Waals surface area contributed by atoms with Crippen molar-refractivity contribution in [2.45, 2.75) is 31.2 Å². The Morgan fingerprint density at radius 1 is 1.13 bits per heavy atom. The molecule has 0 bridgehead atoms. The van der Waals surface area contributed by atoms with Crippen molar-refractivity contribution >= 4 is 6.01 Å². The van der Waals surface area contributed by atoms with Gasteiger partial charge in [0.15, 0.2) is 5.82 Å². The zero-order valence-electron chi connectivity index (χ0n) is 12.6. The number of aromatic nitrogens is 2. The van der Waals surface area contributed by atoms with Gasteiger partial charge in [-0.05, 0) is 31.0 Å². The zero-order valence-corrected chi connectivity index (χ0v) is 12.6. The second-order valence-electron chi connectivity index (χ2n) is 5.86. The highest BCUT2D eigenvalue weighted by atomic mass is 19.1. The Balaban J connectivity index is 1.51. The fourth-order valence-electron chi connectivity index (χ4n) is 3.08. The molecule has 1 fully saturated rings. The highest BCUT2D eigenvalue weighted by molar-refractivity contribution is 5.41. The Kier molecular flexibility index (Phi) is 3.87. The minimum Gasteiger partial charge on any atom is -0.493 e. The van der Waals surface area contributed by atoms with Gasteiger partial charge in [0.1, 0.15) is 11.6 Å². The van der Waals surface area contributed by atoms with E-state index in [2.05, 4.69) is 15.5 Å². The lowest BCUT2D eigenvalue weighted by Crippen LogP contribution is -2.21. The first kappa shape index (κ1) is 14.4. The Hall–Kier alpha value is -2.15. The summed E-state index contributed by atoms with van der Waals surface area (Å²) in [4.78, 5) is 4.44. The lowest BCUT2D eigenvalue weighted by Gasteiger charge is -2.25. The van der Waals surface area contributed by atoms with Crippen molar-refractivity contribution < 1.29 is 18.4 Å². The van der Waals surface area contributed by atoms with Crippen LogP contribution in [0.4, 0.5) is 10.4 Å². The van der Waals surface area contributed by atoms with Crippen LogP contribution in [0.15, 0.2) is 22.7 Å². The molecule has 2 aliphatic heterocycles. The van der Waals surface area contributed by atoms with E-state index < -0.39 is 0 Å². The van der Waals surface area contributed by atoms with E-state index in [1.807, 2.05) is 0 Å². The molecular weight excluding hydrogens is 301 g/mol. The molecule has 2 aliphatic rings. The van der Waals surface area contributed by atoms with Crippen LogP contribution in [0.25, 0.3) is 0 Å². The van der Waals surface area contributed by atoms with E-state index in [9.17, 15) is 4.39 Å². The van der Waals surface area contributed by atoms with Crippen LogP contribution in [-0.2, 0) is 4.74 Å². The van der Waals surface area contributed by atoms with Crippen molar-refractivity contribution in [2.75, 3.05) is 25.1 Å². The van der Waals surface area contributed by atoms with Crippen LogP contribution in [-0.4, -0.2) is 30.0 Å². The first-order valence-corrected chi connectivity index (χ1v) is 7.90. The van der Waals surface area contributed by atoms with Crippen LogP contribution in [0, 0.1) is 5.82 Å². The van der Waals surface area contributed by atoms with E-state index >= 15 is 0 Å². The van der Waals surface area contributed by atoms with E-state index in [-0.39, 0.29) is 17.8 Å². The van der Waals surface area contributed by atoms with Gasteiger partial charge in [0.25, 0.3) is 0 Å². The van der Waals surface area contributed by atoms with Gasteiger partial charge in [0.2, 0.25) is 0 Å². The second kappa shape index (κ2) is 6.16. The van der Waals surface area contributed by atoms with Crippen molar-refractivity contribution in [1.82, 2.24) is 10.1 Å². The van der Waals surface area contributed by atoms with Crippen molar-refractivity contribution in [3.05, 3.63) is 35.4 Å². The number of anilines is 1. The van der Waals surface area contributed by atoms with Crippen molar-refractivity contribution in [2.24, 2.45) is 0 Å². The lowest BCUT2D eigenvalue weighted by atomic mass is 10.00. The summed E-state index contributed by atoms with van der Waals surface area (Å²) >= 11 is 0. The number of rotatable bonds is 3. The van der Waals surface area contributed by atoms with Crippen molar-refractivity contribution in [3.63, 3.8) is 0 Å². The van der Waals surface area contributed by atoms with Crippen molar-refractivity contribution in [1.29, 1.82) is 0 Å². The van der Waals surface area contributed by atoms with E-state index in [4.69, 9.17) is 14.0 Å². The molecule has 0 aliphatic carbocycles. The molecule has 1 atom stereocenters. The number of benzene rings is 1. The minimum absolute atomic E-state index is 0.0996. The summed E-state index contributed by atoms with van der Waals surface area (Å²) in [5.74, 6) is 1.40. The Morgan fingerprint density at radius 2 is 2.00 bits per heavy atom. The standard InChI is InChI=1S/C16H18FN3O3/c17-11-1-2-14-12(9-11)13(5-8-22-14)18-16-19-15(20-23-16)10-3-6-21-7-4-10/h1-2,9-10,13H,3-8H2,(H,18,19,20). The van der Waals surface area contributed by atoms with Crippen LogP contribution in [0.2, 0.25) is 0 Å². The molecule has 0 saturated carbocycles. The molecule has 1 aromatic heterocycles. The van der Waals surface area contributed by atoms with Gasteiger partial charge >= 0.3 is 6.01 Å². The summed E-state index contributed by atoms with van der Waals surface area (Å²) in [7, 11) is 0. The van der Waals surface area contributed by atoms with Crippen LogP contribution in [0.1, 0.15) is 42.6 Å². The van der Waals surface area contributed by atoms with Gasteiger partial charge in [-0.15, -0.1) is 0 Å². The average Bonchev–Trinajstić information content (AvgIpc) is 3.05. The molecule has 23 heavy (non-hydrogen) atoms. The second-order valence-corrected chi connectivity index (χ2v) is 5.86. The maximum absolute atomic E-state index is 13.5. The molecule has 0 radical (unpaired) electrons. The molecule has 1 N–H and O–H groups in total. The summed E-state index contributed by atoms with van der Waals surface area (Å²) in [5, 5.41) is 7.27. The third-order valence-corrected chi connectivity index (χ3v) is 4.34. The summed E-state index contributed by atoms with van der Waals surface area (Å²) in [6.07, 6.45) is 2.53. The highest BCUT2D eigenvalue weighted by Gasteiger charge is 2.25. The maximum atomic E-state index is 13.5. The Morgan fingerprint density at radius 3 is 2.87 bits per heavy atom. The molecule has 4 rings (SSSR count). The molecule has 7 heteroatoms. The van der Waals surface area contributed by atoms with E-state index in [1.165, 1.54) is 12.1 Å². The van der Waals surface area contributed by atoms with Crippen LogP contribution in [0.3, 0.4) is 0 Å². The lowest BCUT2D eigenvalue weighted by molar-refractivity contribution is 0.0830. The van der Waals surface area contributed by atoms with Gasteiger partial charge in [-0.25, -0.2) is 4.39 Å². The summed E-state index contributed by atoms with van der Waals surface area (Å²) in [6, 6.07) is 4.81. The number of ether oxygens (including phenoxy) is 2. The Bertz CT molecular complexity index is 685. The SMILES string of the molecule is Fc1ccc2c(c1)C(Nc1nc(C3CCOCC3)no1)CCO2. The maximum Gasteiger partial charge on any atom is 0.321 e. The topological polar surface area (TPSA) is 69.4 Å². The molecule has 122 valence electrons. The summed E-state index contributed by atoms with van der Waals surface area (Å²) < 4.78 is 29.7. The quantitative estimate of drug-likeness (QED) is 0.938. The minimum atomic E-state index is -0.283. The summed E-state index contributed by atoms with van der Waals surface area (Å²) in [5.41, 5.74) is 0.780. The average molecular weight is 319 g/mol. The number of nitrogens with zero attached hydrogens (tertiary/aromatic N) is 2. The molecule has 0 spiro atoms. The van der Waals surface area contributed by atoms with Gasteiger partial charge < -0.3 is 19.3 Å². The number of halogens is 1. The van der Waals surface area contributed by atoms with Crippen LogP contribution in [0.5, 0.6) is 5.75 Å². The first-order valence-electron chi connectivity index (χ1n) is 7.90. The van der Waals surface area contributed by atoms with Gasteiger partial charge in [-0.2, -0.15) is 4.98 Å². The van der Waals surface area contributed by atoms with Gasteiger partial charge in [0.05, 0.1) is 12.6 Å². The predicted octanol–water partition coefficient (Wildman–Crippen LogP) is 3.04. The number of nitrogens with one attached hydrogen (secondary N) is 1. The fraction of sp³-hybridized carbons (Fsp3) is 0.500. The number of hydrogen-bond acceptors (Lipinski definition) is 6. The molecule has 2 aromatic rings. The van der Waals surface area contributed by atoms with Gasteiger partial charge in [0, 0.05) is 31.1 Å². The van der Waals surface area contributed by atoms with Gasteiger partial charge in [-0.3, -0.25) is 0 Å². The molecule has 0 amide bonds. The monoisotopic (exact) mass is 319 g/mol. The largest absolute Gasteiger partial charge is 0.493 e. The highest BCUT2D eigenvalue weighted by Crippen LogP contribution is 2.35. The number of fused-ring (bicyclic) bond motifs is 1. The van der Waals surface area contributed by atoms with Crippen LogP contribution < -0.4 is 10.1 Å². The normalized spacial score (nSPS) is 21.5. The molecular formula is C16H18FN3O3. The summed E-state index contributed by atoms with van der Waals surface area (Å²) in [6.45, 7) is 2.03. The molecule has 1 saturated heterocycles. The first-order chi connectivity index (χ1) is 11.3. The predicted molar refractivity (Wildman–Crippen MR) is 80.0 cm³/mol. The van der Waals surface area contributed by atoms with Crippen LogP contribution >= 0.6 is 0 Å². The Labute approximate surface area is 133 Å². The van der Waals surface area contributed by atoms with E-state index in [1.54, 1.807) is 6.07 Å². The van der Waals surface area contributed by atoms with Gasteiger partial charge in [-0.1, -0.05) is 5.16 Å². The molecule has 3 heterocycles. The molecule has 1 unspecified atom stereocenters. The third-order valence-electron chi connectivity index (χ3n) is 4.34. The molecule has 1 aromatic carbocycles. The third kappa shape index (κ3) is 3.01. The van der Waals surface area contributed by atoms with E-state index in [0.717, 1.165) is 31.6 Å². The van der Waals surface area contributed by atoms with Crippen molar-refractivity contribution in [3.8, 4) is 5.75 Å². The molecule has 6 nitrogen and oxygen atoms in total. The smallest absolute Gasteiger partial charge is 0.321 e. The fourth-order valence-corrected chi connectivity index (χ4v) is 3.08.